The van der Waals surface area contributed by atoms with Gasteiger partial charge in [0.1, 0.15) is 11.6 Å². The van der Waals surface area contributed by atoms with Crippen molar-refractivity contribution in [3.63, 3.8) is 0 Å². The molecule has 0 radical (unpaired) electrons. The van der Waals surface area contributed by atoms with Crippen LogP contribution >= 0.6 is 0 Å². The van der Waals surface area contributed by atoms with Gasteiger partial charge in [-0.1, -0.05) is 12.1 Å². The number of amides is 2. The zero-order valence-electron chi connectivity index (χ0n) is 14.8. The van der Waals surface area contributed by atoms with Crippen molar-refractivity contribution >= 4 is 17.4 Å². The fourth-order valence-corrected chi connectivity index (χ4v) is 3.11. The molecule has 0 spiro atoms. The first kappa shape index (κ1) is 18.2. The molecule has 3 rings (SSSR count). The number of anilines is 2. The van der Waals surface area contributed by atoms with Crippen molar-refractivity contribution in [2.45, 2.75) is 25.8 Å². The topological polar surface area (TPSA) is 35.6 Å². The number of benzene rings is 2. The lowest BCUT2D eigenvalue weighted by atomic mass is 10.1. The Morgan fingerprint density at radius 3 is 2.42 bits per heavy atom. The van der Waals surface area contributed by atoms with Crippen LogP contribution in [0.15, 0.2) is 42.5 Å². The number of halogens is 2. The third-order valence-corrected chi connectivity index (χ3v) is 4.60. The maximum atomic E-state index is 13.6. The lowest BCUT2D eigenvalue weighted by molar-refractivity contribution is 0.220. The molecule has 2 aromatic carbocycles. The molecule has 138 valence electrons. The molecule has 6 heteroatoms. The Bertz CT molecular complexity index is 758. The average molecular weight is 359 g/mol. The second-order valence-electron chi connectivity index (χ2n) is 6.62. The summed E-state index contributed by atoms with van der Waals surface area (Å²) in [4.78, 5) is 16.0. The van der Waals surface area contributed by atoms with Crippen LogP contribution in [-0.4, -0.2) is 31.1 Å². The van der Waals surface area contributed by atoms with Crippen LogP contribution in [-0.2, 0) is 6.54 Å². The molecule has 0 unspecified atom stereocenters. The van der Waals surface area contributed by atoms with E-state index in [1.54, 1.807) is 7.05 Å². The molecule has 0 bridgehead atoms. The van der Waals surface area contributed by atoms with E-state index in [9.17, 15) is 13.6 Å². The predicted octanol–water partition coefficient (Wildman–Crippen LogP) is 4.62. The summed E-state index contributed by atoms with van der Waals surface area (Å²) in [6, 6.07) is 10.8. The number of hydrogen-bond donors (Lipinski definition) is 1. The number of rotatable bonds is 4. The van der Waals surface area contributed by atoms with Crippen LogP contribution in [0.2, 0.25) is 0 Å². The van der Waals surface area contributed by atoms with Crippen LogP contribution in [0.5, 0.6) is 0 Å². The largest absolute Gasteiger partial charge is 0.372 e. The van der Waals surface area contributed by atoms with Gasteiger partial charge < -0.3 is 15.1 Å². The van der Waals surface area contributed by atoms with Gasteiger partial charge in [0.2, 0.25) is 0 Å². The SMILES string of the molecule is CN(Cc1ccc(N2CCCCC2)cc1)C(=O)Nc1ccc(F)cc1F. The molecule has 4 nitrogen and oxygen atoms in total. The minimum absolute atomic E-state index is 0.0382. The Morgan fingerprint density at radius 2 is 1.77 bits per heavy atom. The van der Waals surface area contributed by atoms with E-state index in [1.165, 1.54) is 35.9 Å². The lowest BCUT2D eigenvalue weighted by Gasteiger charge is -2.29. The van der Waals surface area contributed by atoms with Gasteiger partial charge in [-0.05, 0) is 49.1 Å². The number of nitrogens with one attached hydrogen (secondary N) is 1. The Morgan fingerprint density at radius 1 is 1.08 bits per heavy atom. The van der Waals surface area contributed by atoms with E-state index in [4.69, 9.17) is 0 Å². The molecule has 1 heterocycles. The smallest absolute Gasteiger partial charge is 0.321 e. The average Bonchev–Trinajstić information content (AvgIpc) is 2.65. The summed E-state index contributed by atoms with van der Waals surface area (Å²) in [5.74, 6) is -1.47. The Kier molecular flexibility index (Phi) is 5.71. The fourth-order valence-electron chi connectivity index (χ4n) is 3.11. The van der Waals surface area contributed by atoms with E-state index in [0.29, 0.717) is 6.54 Å². The van der Waals surface area contributed by atoms with Crippen molar-refractivity contribution in [1.82, 2.24) is 4.90 Å². The van der Waals surface area contributed by atoms with Crippen molar-refractivity contribution in [2.24, 2.45) is 0 Å². The standard InChI is InChI=1S/C20H23F2N3O/c1-24(20(26)23-19-10-7-16(21)13-18(19)22)14-15-5-8-17(9-6-15)25-11-3-2-4-12-25/h5-10,13H,2-4,11-12,14H2,1H3,(H,23,26). The van der Waals surface area contributed by atoms with Gasteiger partial charge in [0.05, 0.1) is 5.69 Å². The van der Waals surface area contributed by atoms with Crippen LogP contribution < -0.4 is 10.2 Å². The van der Waals surface area contributed by atoms with Crippen molar-refractivity contribution in [1.29, 1.82) is 0 Å². The quantitative estimate of drug-likeness (QED) is 0.865. The Balaban J connectivity index is 1.58. The van der Waals surface area contributed by atoms with Crippen LogP contribution in [0.4, 0.5) is 25.0 Å². The number of hydrogen-bond acceptors (Lipinski definition) is 2. The normalized spacial score (nSPS) is 14.2. The highest BCUT2D eigenvalue weighted by Crippen LogP contribution is 2.21. The fraction of sp³-hybridized carbons (Fsp3) is 0.350. The van der Waals surface area contributed by atoms with Gasteiger partial charge in [0, 0.05) is 38.4 Å². The van der Waals surface area contributed by atoms with Crippen LogP contribution in [0, 0.1) is 11.6 Å². The molecule has 1 aliphatic heterocycles. The molecule has 1 N–H and O–H groups in total. The van der Waals surface area contributed by atoms with Crippen LogP contribution in [0.25, 0.3) is 0 Å². The third kappa shape index (κ3) is 4.50. The molecule has 1 saturated heterocycles. The van der Waals surface area contributed by atoms with Crippen LogP contribution in [0.3, 0.4) is 0 Å². The Hall–Kier alpha value is -2.63. The molecule has 2 aromatic rings. The summed E-state index contributed by atoms with van der Waals surface area (Å²) in [5, 5.41) is 2.46. The number of nitrogens with zero attached hydrogens (tertiary/aromatic N) is 2. The van der Waals surface area contributed by atoms with Crippen molar-refractivity contribution in [3.8, 4) is 0 Å². The van der Waals surface area contributed by atoms with Gasteiger partial charge in [-0.2, -0.15) is 0 Å². The highest BCUT2D eigenvalue weighted by Gasteiger charge is 2.14. The second-order valence-corrected chi connectivity index (χ2v) is 6.62. The van der Waals surface area contributed by atoms with Gasteiger partial charge in [-0.25, -0.2) is 13.6 Å². The number of carbonyl (C=O) groups is 1. The molecule has 26 heavy (non-hydrogen) atoms. The minimum atomic E-state index is -0.794. The van der Waals surface area contributed by atoms with Gasteiger partial charge in [0.25, 0.3) is 0 Å². The summed E-state index contributed by atoms with van der Waals surface area (Å²) in [7, 11) is 1.63. The molecular formula is C20H23F2N3O. The van der Waals surface area contributed by atoms with E-state index in [0.717, 1.165) is 30.8 Å². The van der Waals surface area contributed by atoms with Crippen molar-refractivity contribution < 1.29 is 13.6 Å². The molecule has 1 fully saturated rings. The highest BCUT2D eigenvalue weighted by atomic mass is 19.1. The first-order valence-corrected chi connectivity index (χ1v) is 8.84. The number of urea groups is 1. The van der Waals surface area contributed by atoms with Gasteiger partial charge in [-0.15, -0.1) is 0 Å². The molecule has 0 atom stereocenters. The predicted molar refractivity (Wildman–Crippen MR) is 99.3 cm³/mol. The van der Waals surface area contributed by atoms with Gasteiger partial charge in [-0.3, -0.25) is 0 Å². The highest BCUT2D eigenvalue weighted by molar-refractivity contribution is 5.89. The van der Waals surface area contributed by atoms with E-state index in [-0.39, 0.29) is 5.69 Å². The first-order chi connectivity index (χ1) is 12.5. The van der Waals surface area contributed by atoms with Gasteiger partial charge >= 0.3 is 6.03 Å². The molecule has 0 saturated carbocycles. The summed E-state index contributed by atoms with van der Waals surface area (Å²) < 4.78 is 26.6. The molecular weight excluding hydrogens is 336 g/mol. The van der Waals surface area contributed by atoms with Crippen molar-refractivity contribution in [3.05, 3.63) is 59.7 Å². The zero-order valence-corrected chi connectivity index (χ0v) is 14.8. The van der Waals surface area contributed by atoms with Crippen LogP contribution in [0.1, 0.15) is 24.8 Å². The Labute approximate surface area is 152 Å². The zero-order chi connectivity index (χ0) is 18.5. The number of piperidine rings is 1. The van der Waals surface area contributed by atoms with Crippen molar-refractivity contribution in [2.75, 3.05) is 30.4 Å². The summed E-state index contributed by atoms with van der Waals surface area (Å²) >= 11 is 0. The molecule has 0 aliphatic carbocycles. The summed E-state index contributed by atoms with van der Waals surface area (Å²) in [6.45, 7) is 2.57. The molecule has 2 amide bonds. The van der Waals surface area contributed by atoms with Gasteiger partial charge in [0.15, 0.2) is 0 Å². The second kappa shape index (κ2) is 8.17. The monoisotopic (exact) mass is 359 g/mol. The lowest BCUT2D eigenvalue weighted by Crippen LogP contribution is -2.31. The van der Waals surface area contributed by atoms with E-state index in [1.807, 2.05) is 12.1 Å². The summed E-state index contributed by atoms with van der Waals surface area (Å²) in [5.41, 5.74) is 2.15. The third-order valence-electron chi connectivity index (χ3n) is 4.60. The van der Waals surface area contributed by atoms with E-state index in [2.05, 4.69) is 22.3 Å². The molecule has 1 aliphatic rings. The number of carbonyl (C=O) groups excluding carboxylic acids is 1. The first-order valence-electron chi connectivity index (χ1n) is 8.84. The summed E-state index contributed by atoms with van der Waals surface area (Å²) in [6.07, 6.45) is 3.75. The van der Waals surface area contributed by atoms with E-state index >= 15 is 0 Å². The maximum absolute atomic E-state index is 13.6. The minimum Gasteiger partial charge on any atom is -0.372 e. The van der Waals surface area contributed by atoms with E-state index < -0.39 is 17.7 Å². The maximum Gasteiger partial charge on any atom is 0.321 e. The molecule has 0 aromatic heterocycles.